The minimum atomic E-state index is 0.652. The minimum absolute atomic E-state index is 0.652. The van der Waals surface area contributed by atoms with Gasteiger partial charge in [0.2, 0.25) is 0 Å². The van der Waals surface area contributed by atoms with Crippen LogP contribution in [0.5, 0.6) is 0 Å². The predicted molar refractivity (Wildman–Crippen MR) is 62.9 cm³/mol. The van der Waals surface area contributed by atoms with E-state index in [-0.39, 0.29) is 0 Å². The van der Waals surface area contributed by atoms with E-state index in [1.807, 2.05) is 17.9 Å². The van der Waals surface area contributed by atoms with Gasteiger partial charge < -0.3 is 5.32 Å². The Morgan fingerprint density at radius 1 is 1.53 bits per heavy atom. The van der Waals surface area contributed by atoms with Gasteiger partial charge in [0, 0.05) is 19.2 Å². The zero-order valence-corrected chi connectivity index (χ0v) is 9.74. The van der Waals surface area contributed by atoms with Crippen LogP contribution >= 0.6 is 0 Å². The molecule has 1 fully saturated rings. The summed E-state index contributed by atoms with van der Waals surface area (Å²) >= 11 is 0. The first-order valence-electron chi connectivity index (χ1n) is 6.04. The van der Waals surface area contributed by atoms with Gasteiger partial charge in [-0.1, -0.05) is 26.2 Å². The van der Waals surface area contributed by atoms with Gasteiger partial charge in [0.15, 0.2) is 0 Å². The Morgan fingerprint density at radius 3 is 3.07 bits per heavy atom. The van der Waals surface area contributed by atoms with Crippen LogP contribution in [-0.2, 0) is 7.05 Å². The monoisotopic (exact) mass is 207 g/mol. The van der Waals surface area contributed by atoms with E-state index in [4.69, 9.17) is 0 Å². The second kappa shape index (κ2) is 4.69. The van der Waals surface area contributed by atoms with Crippen molar-refractivity contribution < 1.29 is 0 Å². The Balaban J connectivity index is 1.92. The van der Waals surface area contributed by atoms with E-state index in [1.165, 1.54) is 32.1 Å². The van der Waals surface area contributed by atoms with E-state index in [0.717, 1.165) is 11.7 Å². The SMILES string of the molecule is CCC1CCCC(Nc2ccnn2C)C1. The van der Waals surface area contributed by atoms with E-state index >= 15 is 0 Å². The fourth-order valence-electron chi connectivity index (χ4n) is 2.52. The molecule has 1 N–H and O–H groups in total. The lowest BCUT2D eigenvalue weighted by Gasteiger charge is -2.29. The molecule has 0 spiro atoms. The minimum Gasteiger partial charge on any atom is -0.368 e. The molecule has 15 heavy (non-hydrogen) atoms. The van der Waals surface area contributed by atoms with E-state index in [1.54, 1.807) is 0 Å². The number of nitrogens with zero attached hydrogens (tertiary/aromatic N) is 2. The summed E-state index contributed by atoms with van der Waals surface area (Å²) in [5, 5.41) is 7.77. The van der Waals surface area contributed by atoms with Gasteiger partial charge in [0.1, 0.15) is 5.82 Å². The van der Waals surface area contributed by atoms with E-state index in [0.29, 0.717) is 6.04 Å². The van der Waals surface area contributed by atoms with Crippen molar-refractivity contribution in [2.75, 3.05) is 5.32 Å². The summed E-state index contributed by atoms with van der Waals surface area (Å²) in [4.78, 5) is 0. The van der Waals surface area contributed by atoms with Crippen molar-refractivity contribution in [3.05, 3.63) is 12.3 Å². The highest BCUT2D eigenvalue weighted by Gasteiger charge is 2.20. The van der Waals surface area contributed by atoms with Crippen LogP contribution in [0.1, 0.15) is 39.0 Å². The molecular formula is C12H21N3. The Morgan fingerprint density at radius 2 is 2.40 bits per heavy atom. The molecule has 0 radical (unpaired) electrons. The van der Waals surface area contributed by atoms with Crippen molar-refractivity contribution in [1.82, 2.24) is 9.78 Å². The largest absolute Gasteiger partial charge is 0.368 e. The number of aromatic nitrogens is 2. The summed E-state index contributed by atoms with van der Waals surface area (Å²) in [6.07, 6.45) is 8.59. The first-order valence-corrected chi connectivity index (χ1v) is 6.04. The van der Waals surface area contributed by atoms with E-state index < -0.39 is 0 Å². The van der Waals surface area contributed by atoms with Crippen LogP contribution in [-0.4, -0.2) is 15.8 Å². The zero-order chi connectivity index (χ0) is 10.7. The van der Waals surface area contributed by atoms with Crippen molar-refractivity contribution >= 4 is 5.82 Å². The maximum Gasteiger partial charge on any atom is 0.124 e. The standard InChI is InChI=1S/C12H21N3/c1-3-10-5-4-6-11(9-10)14-12-7-8-13-15(12)2/h7-8,10-11,14H,3-6,9H2,1-2H3. The molecule has 2 rings (SSSR count). The molecule has 2 atom stereocenters. The van der Waals surface area contributed by atoms with Crippen LogP contribution in [0, 0.1) is 5.92 Å². The van der Waals surface area contributed by atoms with Gasteiger partial charge >= 0.3 is 0 Å². The normalized spacial score (nSPS) is 26.5. The predicted octanol–water partition coefficient (Wildman–Crippen LogP) is 2.80. The molecule has 3 heteroatoms. The van der Waals surface area contributed by atoms with Crippen molar-refractivity contribution in [2.24, 2.45) is 13.0 Å². The molecule has 0 saturated heterocycles. The average Bonchev–Trinajstić information content (AvgIpc) is 2.65. The van der Waals surface area contributed by atoms with Gasteiger partial charge in [-0.15, -0.1) is 0 Å². The fraction of sp³-hybridized carbons (Fsp3) is 0.750. The molecule has 0 aromatic carbocycles. The highest BCUT2D eigenvalue weighted by Crippen LogP contribution is 2.28. The fourth-order valence-corrected chi connectivity index (χ4v) is 2.52. The first-order chi connectivity index (χ1) is 7.29. The Labute approximate surface area is 91.9 Å². The molecule has 1 aliphatic rings. The molecule has 1 saturated carbocycles. The Kier molecular flexibility index (Phi) is 3.29. The topological polar surface area (TPSA) is 29.9 Å². The molecular weight excluding hydrogens is 186 g/mol. The molecule has 3 nitrogen and oxygen atoms in total. The third-order valence-corrected chi connectivity index (χ3v) is 3.53. The second-order valence-electron chi connectivity index (χ2n) is 4.62. The summed E-state index contributed by atoms with van der Waals surface area (Å²) in [6, 6.07) is 2.70. The van der Waals surface area contributed by atoms with E-state index in [2.05, 4.69) is 23.4 Å². The van der Waals surface area contributed by atoms with Gasteiger partial charge in [-0.25, -0.2) is 0 Å². The van der Waals surface area contributed by atoms with Crippen molar-refractivity contribution in [1.29, 1.82) is 0 Å². The summed E-state index contributed by atoms with van der Waals surface area (Å²) < 4.78 is 1.91. The summed E-state index contributed by atoms with van der Waals surface area (Å²) in [6.45, 7) is 2.30. The molecule has 84 valence electrons. The second-order valence-corrected chi connectivity index (χ2v) is 4.62. The van der Waals surface area contributed by atoms with Crippen LogP contribution < -0.4 is 5.32 Å². The quantitative estimate of drug-likeness (QED) is 0.826. The molecule has 2 unspecified atom stereocenters. The van der Waals surface area contributed by atoms with E-state index in [9.17, 15) is 0 Å². The van der Waals surface area contributed by atoms with Crippen molar-refractivity contribution in [2.45, 2.75) is 45.1 Å². The molecule has 0 aliphatic heterocycles. The Bertz CT molecular complexity index is 306. The lowest BCUT2D eigenvalue weighted by atomic mass is 9.84. The van der Waals surface area contributed by atoms with Gasteiger partial charge in [0.25, 0.3) is 0 Å². The average molecular weight is 207 g/mol. The van der Waals surface area contributed by atoms with Crippen LogP contribution in [0.4, 0.5) is 5.82 Å². The summed E-state index contributed by atoms with van der Waals surface area (Å²) in [7, 11) is 1.99. The molecule has 1 heterocycles. The maximum atomic E-state index is 4.18. The molecule has 0 amide bonds. The highest BCUT2D eigenvalue weighted by atomic mass is 15.3. The summed E-state index contributed by atoms with van der Waals surface area (Å²) in [5.74, 6) is 2.07. The summed E-state index contributed by atoms with van der Waals surface area (Å²) in [5.41, 5.74) is 0. The number of aryl methyl sites for hydroxylation is 1. The lowest BCUT2D eigenvalue weighted by molar-refractivity contribution is 0.326. The third kappa shape index (κ3) is 2.52. The van der Waals surface area contributed by atoms with Gasteiger partial charge in [-0.2, -0.15) is 5.10 Å². The molecule has 1 aliphatic carbocycles. The van der Waals surface area contributed by atoms with Gasteiger partial charge in [-0.3, -0.25) is 4.68 Å². The van der Waals surface area contributed by atoms with Gasteiger partial charge in [0.05, 0.1) is 6.20 Å². The number of hydrogen-bond donors (Lipinski definition) is 1. The highest BCUT2D eigenvalue weighted by molar-refractivity contribution is 5.34. The van der Waals surface area contributed by atoms with Crippen LogP contribution in [0.15, 0.2) is 12.3 Å². The maximum absolute atomic E-state index is 4.18. The molecule has 0 bridgehead atoms. The van der Waals surface area contributed by atoms with Crippen LogP contribution in [0.25, 0.3) is 0 Å². The number of anilines is 1. The first kappa shape index (κ1) is 10.5. The van der Waals surface area contributed by atoms with Crippen molar-refractivity contribution in [3.63, 3.8) is 0 Å². The lowest BCUT2D eigenvalue weighted by Crippen LogP contribution is -2.27. The number of rotatable bonds is 3. The van der Waals surface area contributed by atoms with Crippen LogP contribution in [0.2, 0.25) is 0 Å². The van der Waals surface area contributed by atoms with Crippen LogP contribution in [0.3, 0.4) is 0 Å². The number of hydrogen-bond acceptors (Lipinski definition) is 2. The Hall–Kier alpha value is -0.990. The number of nitrogens with one attached hydrogen (secondary N) is 1. The smallest absolute Gasteiger partial charge is 0.124 e. The third-order valence-electron chi connectivity index (χ3n) is 3.53. The zero-order valence-electron chi connectivity index (χ0n) is 9.74. The molecule has 1 aromatic heterocycles. The van der Waals surface area contributed by atoms with Gasteiger partial charge in [-0.05, 0) is 18.8 Å². The molecule has 1 aromatic rings. The van der Waals surface area contributed by atoms with Crippen molar-refractivity contribution in [3.8, 4) is 0 Å².